The Morgan fingerprint density at radius 1 is 1.45 bits per heavy atom. The van der Waals surface area contributed by atoms with Crippen LogP contribution in [0.15, 0.2) is 14.8 Å². The van der Waals surface area contributed by atoms with Crippen LogP contribution in [-0.2, 0) is 16.1 Å². The van der Waals surface area contributed by atoms with Gasteiger partial charge in [-0.2, -0.15) is 25.2 Å². The van der Waals surface area contributed by atoms with E-state index in [2.05, 4.69) is 14.4 Å². The van der Waals surface area contributed by atoms with Crippen LogP contribution in [0.4, 0.5) is 5.13 Å². The van der Waals surface area contributed by atoms with Gasteiger partial charge in [-0.05, 0) is 0 Å². The Bertz CT molecular complexity index is 605. The standard InChI is InChI=1S/C8H14N6O3S3/c9-6(14-20(15,16)17)1-2-18-3-5-4-19-8(12-5)13-7(10)11/h4H,1-3H2,(H2,9,14)(H,15,16,17)(H4,10,11,12,13). The summed E-state index contributed by atoms with van der Waals surface area (Å²) in [5.74, 6) is 0.961. The highest BCUT2D eigenvalue weighted by Gasteiger charge is 2.04. The van der Waals surface area contributed by atoms with Crippen molar-refractivity contribution in [2.75, 3.05) is 5.75 Å². The summed E-state index contributed by atoms with van der Waals surface area (Å²) in [6.45, 7) is 0. The molecule has 0 aliphatic carbocycles. The molecule has 0 unspecified atom stereocenters. The number of aromatic nitrogens is 1. The zero-order valence-electron chi connectivity index (χ0n) is 10.3. The molecule has 0 radical (unpaired) electrons. The quantitative estimate of drug-likeness (QED) is 0.230. The number of rotatable bonds is 7. The third-order valence-electron chi connectivity index (χ3n) is 1.75. The van der Waals surface area contributed by atoms with Gasteiger partial charge in [-0.3, -0.25) is 4.55 Å². The smallest absolute Gasteiger partial charge is 0.380 e. The second kappa shape index (κ2) is 7.42. The minimum absolute atomic E-state index is 0.0484. The lowest BCUT2D eigenvalue weighted by Gasteiger charge is -1.99. The number of amidine groups is 1. The highest BCUT2D eigenvalue weighted by molar-refractivity contribution is 7.98. The van der Waals surface area contributed by atoms with E-state index in [4.69, 9.17) is 21.8 Å². The van der Waals surface area contributed by atoms with Crippen molar-refractivity contribution in [2.45, 2.75) is 12.2 Å². The van der Waals surface area contributed by atoms with Gasteiger partial charge >= 0.3 is 10.3 Å². The van der Waals surface area contributed by atoms with E-state index in [1.165, 1.54) is 23.1 Å². The maximum atomic E-state index is 10.4. The first kappa shape index (κ1) is 16.7. The lowest BCUT2D eigenvalue weighted by atomic mass is 10.5. The third kappa shape index (κ3) is 7.28. The lowest BCUT2D eigenvalue weighted by Crippen LogP contribution is -2.21. The molecule has 0 saturated heterocycles. The number of nitrogens with two attached hydrogens (primary N) is 3. The van der Waals surface area contributed by atoms with Gasteiger partial charge in [-0.1, -0.05) is 0 Å². The fourth-order valence-electron chi connectivity index (χ4n) is 1.07. The zero-order valence-corrected chi connectivity index (χ0v) is 12.7. The minimum atomic E-state index is -4.42. The molecular weight excluding hydrogens is 324 g/mol. The van der Waals surface area contributed by atoms with Gasteiger partial charge in [0.05, 0.1) is 5.69 Å². The molecule has 9 nitrogen and oxygen atoms in total. The molecular formula is C8H14N6O3S3. The molecule has 0 aliphatic rings. The van der Waals surface area contributed by atoms with Gasteiger partial charge in [-0.25, -0.2) is 4.98 Å². The number of aliphatic imine (C=N–C) groups is 1. The number of nitrogens with zero attached hydrogens (tertiary/aromatic N) is 3. The molecule has 0 spiro atoms. The molecule has 1 aromatic rings. The molecule has 12 heteroatoms. The normalized spacial score (nSPS) is 12.3. The van der Waals surface area contributed by atoms with E-state index in [0.29, 0.717) is 16.6 Å². The summed E-state index contributed by atoms with van der Waals surface area (Å²) in [5.41, 5.74) is 16.6. The molecule has 1 heterocycles. The third-order valence-corrected chi connectivity index (χ3v) is 3.99. The van der Waals surface area contributed by atoms with Gasteiger partial charge in [0.25, 0.3) is 0 Å². The van der Waals surface area contributed by atoms with Gasteiger partial charge in [0.2, 0.25) is 5.13 Å². The molecule has 0 bridgehead atoms. The lowest BCUT2D eigenvalue weighted by molar-refractivity contribution is 0.485. The summed E-state index contributed by atoms with van der Waals surface area (Å²) in [5, 5.41) is 2.30. The fraction of sp³-hybridized carbons (Fsp3) is 0.375. The molecule has 0 aromatic carbocycles. The topological polar surface area (TPSA) is 170 Å². The Kier molecular flexibility index (Phi) is 6.19. The molecule has 112 valence electrons. The summed E-state index contributed by atoms with van der Waals surface area (Å²) < 4.78 is 32.2. The summed E-state index contributed by atoms with van der Waals surface area (Å²) in [7, 11) is -4.42. The average Bonchev–Trinajstić information content (AvgIpc) is 2.68. The van der Waals surface area contributed by atoms with Gasteiger partial charge < -0.3 is 17.2 Å². The summed E-state index contributed by atoms with van der Waals surface area (Å²) >= 11 is 2.81. The molecule has 0 amide bonds. The Balaban J connectivity index is 2.37. The van der Waals surface area contributed by atoms with E-state index in [0.717, 1.165) is 5.69 Å². The van der Waals surface area contributed by atoms with Crippen LogP contribution in [0.2, 0.25) is 0 Å². The van der Waals surface area contributed by atoms with E-state index < -0.39 is 10.3 Å². The van der Waals surface area contributed by atoms with Crippen molar-refractivity contribution in [1.82, 2.24) is 4.98 Å². The van der Waals surface area contributed by atoms with Crippen LogP contribution in [-0.4, -0.2) is 35.5 Å². The molecule has 1 aromatic heterocycles. The van der Waals surface area contributed by atoms with E-state index in [1.807, 2.05) is 5.38 Å². The van der Waals surface area contributed by atoms with Crippen molar-refractivity contribution in [3.63, 3.8) is 0 Å². The molecule has 0 aliphatic heterocycles. The zero-order chi connectivity index (χ0) is 15.2. The summed E-state index contributed by atoms with van der Waals surface area (Å²) in [6, 6.07) is 0. The second-order valence-electron chi connectivity index (χ2n) is 3.49. The highest BCUT2D eigenvalue weighted by Crippen LogP contribution is 2.21. The van der Waals surface area contributed by atoms with Gasteiger partial charge in [0.1, 0.15) is 5.84 Å². The molecule has 0 fully saturated rings. The predicted molar refractivity (Wildman–Crippen MR) is 81.5 cm³/mol. The maximum absolute atomic E-state index is 10.4. The number of thiazole rings is 1. The first-order valence-corrected chi connectivity index (χ1v) is 8.63. The molecule has 7 N–H and O–H groups in total. The Labute approximate surface area is 124 Å². The highest BCUT2D eigenvalue weighted by atomic mass is 32.2. The van der Waals surface area contributed by atoms with Crippen molar-refractivity contribution in [1.29, 1.82) is 0 Å². The Hall–Kier alpha value is -1.37. The van der Waals surface area contributed by atoms with Crippen LogP contribution < -0.4 is 17.2 Å². The van der Waals surface area contributed by atoms with Crippen LogP contribution in [0.25, 0.3) is 0 Å². The van der Waals surface area contributed by atoms with Crippen LogP contribution in [0.1, 0.15) is 12.1 Å². The predicted octanol–water partition coefficient (Wildman–Crippen LogP) is -0.169. The first-order chi connectivity index (χ1) is 9.26. The number of hydrogen-bond acceptors (Lipinski definition) is 6. The minimum Gasteiger partial charge on any atom is -0.386 e. The van der Waals surface area contributed by atoms with Crippen molar-refractivity contribution in [3.8, 4) is 0 Å². The monoisotopic (exact) mass is 338 g/mol. The largest absolute Gasteiger partial charge is 0.386 e. The summed E-state index contributed by atoms with van der Waals surface area (Å²) in [4.78, 5) is 7.99. The molecule has 0 saturated carbocycles. The summed E-state index contributed by atoms with van der Waals surface area (Å²) in [6.07, 6.45) is 0.245. The first-order valence-electron chi connectivity index (χ1n) is 5.20. The van der Waals surface area contributed by atoms with Crippen LogP contribution in [0.3, 0.4) is 0 Å². The number of thioether (sulfide) groups is 1. The van der Waals surface area contributed by atoms with Crippen molar-refractivity contribution < 1.29 is 13.0 Å². The van der Waals surface area contributed by atoms with E-state index >= 15 is 0 Å². The van der Waals surface area contributed by atoms with Gasteiger partial charge in [-0.15, -0.1) is 15.7 Å². The molecule has 20 heavy (non-hydrogen) atoms. The van der Waals surface area contributed by atoms with Gasteiger partial charge in [0, 0.05) is 23.3 Å². The van der Waals surface area contributed by atoms with E-state index in [9.17, 15) is 8.42 Å². The van der Waals surface area contributed by atoms with Crippen LogP contribution in [0, 0.1) is 0 Å². The number of hydrogen-bond donors (Lipinski definition) is 4. The van der Waals surface area contributed by atoms with Crippen molar-refractivity contribution >= 4 is 50.3 Å². The average molecular weight is 338 g/mol. The van der Waals surface area contributed by atoms with Gasteiger partial charge in [0.15, 0.2) is 5.96 Å². The second-order valence-corrected chi connectivity index (χ2v) is 6.51. The Morgan fingerprint density at radius 3 is 2.75 bits per heavy atom. The van der Waals surface area contributed by atoms with Crippen LogP contribution in [0.5, 0.6) is 0 Å². The fourth-order valence-corrected chi connectivity index (χ4v) is 3.13. The SMILES string of the molecule is NC(N)=Nc1nc(CSCCC(N)=NS(=O)(=O)O)cs1. The number of guanidine groups is 1. The van der Waals surface area contributed by atoms with E-state index in [1.54, 1.807) is 0 Å². The van der Waals surface area contributed by atoms with E-state index in [-0.39, 0.29) is 18.2 Å². The maximum Gasteiger partial charge on any atom is 0.380 e. The molecule has 0 atom stereocenters. The van der Waals surface area contributed by atoms with Crippen LogP contribution >= 0.6 is 23.1 Å². The van der Waals surface area contributed by atoms with Crippen molar-refractivity contribution in [2.24, 2.45) is 26.6 Å². The Morgan fingerprint density at radius 2 is 2.15 bits per heavy atom. The molecule has 1 rings (SSSR count). The van der Waals surface area contributed by atoms with Crippen molar-refractivity contribution in [3.05, 3.63) is 11.1 Å².